The Hall–Kier alpha value is -5.02. The second-order valence-electron chi connectivity index (χ2n) is 10.4. The average Bonchev–Trinajstić information content (AvgIpc) is 3.57. The number of thiazole rings is 1. The van der Waals surface area contributed by atoms with Crippen LogP contribution in [0.5, 0.6) is 5.75 Å². The van der Waals surface area contributed by atoms with Gasteiger partial charge in [-0.1, -0.05) is 72.0 Å². The number of carbonyl (C=O) groups excluding carboxylic acids is 1. The first kappa shape index (κ1) is 28.1. The highest BCUT2D eigenvalue weighted by molar-refractivity contribution is 7.07. The van der Waals surface area contributed by atoms with E-state index in [1.165, 1.54) is 11.3 Å². The van der Waals surface area contributed by atoms with E-state index in [9.17, 15) is 9.59 Å². The van der Waals surface area contributed by atoms with Gasteiger partial charge in [-0.2, -0.15) is 5.10 Å². The lowest BCUT2D eigenvalue weighted by atomic mass is 9.96. The van der Waals surface area contributed by atoms with Crippen molar-refractivity contribution in [1.82, 2.24) is 14.3 Å². The number of hydrogen-bond donors (Lipinski definition) is 0. The van der Waals surface area contributed by atoms with Crippen molar-refractivity contribution < 1.29 is 14.3 Å². The van der Waals surface area contributed by atoms with E-state index >= 15 is 0 Å². The van der Waals surface area contributed by atoms with Crippen LogP contribution in [0.1, 0.15) is 37.9 Å². The highest BCUT2D eigenvalue weighted by atomic mass is 32.1. The number of para-hydroxylation sites is 1. The van der Waals surface area contributed by atoms with E-state index in [0.29, 0.717) is 26.4 Å². The number of aromatic nitrogens is 3. The maximum atomic E-state index is 14.2. The number of ether oxygens (including phenoxy) is 2. The highest BCUT2D eigenvalue weighted by Crippen LogP contribution is 2.32. The normalized spacial score (nSPS) is 14.9. The van der Waals surface area contributed by atoms with Crippen LogP contribution in [-0.4, -0.2) is 33.5 Å². The van der Waals surface area contributed by atoms with Gasteiger partial charge in [0.25, 0.3) is 5.56 Å². The van der Waals surface area contributed by atoms with Crippen LogP contribution in [0.3, 0.4) is 0 Å². The number of hydrogen-bond acceptors (Lipinski definition) is 7. The molecule has 216 valence electrons. The van der Waals surface area contributed by atoms with Gasteiger partial charge in [0.15, 0.2) is 4.80 Å². The van der Waals surface area contributed by atoms with Crippen LogP contribution in [0.2, 0.25) is 0 Å². The minimum Gasteiger partial charge on any atom is -0.497 e. The zero-order chi connectivity index (χ0) is 30.1. The van der Waals surface area contributed by atoms with Gasteiger partial charge < -0.3 is 9.47 Å². The number of rotatable bonds is 7. The van der Waals surface area contributed by atoms with Gasteiger partial charge in [0.05, 0.1) is 46.4 Å². The second kappa shape index (κ2) is 11.7. The van der Waals surface area contributed by atoms with E-state index in [4.69, 9.17) is 19.6 Å². The maximum Gasteiger partial charge on any atom is 0.338 e. The Morgan fingerprint density at radius 3 is 2.30 bits per heavy atom. The van der Waals surface area contributed by atoms with Crippen molar-refractivity contribution >= 4 is 23.4 Å². The predicted molar refractivity (Wildman–Crippen MR) is 167 cm³/mol. The Kier molecular flexibility index (Phi) is 7.65. The Labute approximate surface area is 252 Å². The summed E-state index contributed by atoms with van der Waals surface area (Å²) in [4.78, 5) is 32.8. The summed E-state index contributed by atoms with van der Waals surface area (Å²) in [5, 5.41) is 4.89. The van der Waals surface area contributed by atoms with Gasteiger partial charge in [-0.05, 0) is 56.7 Å². The molecule has 0 radical (unpaired) electrons. The number of carbonyl (C=O) groups is 1. The van der Waals surface area contributed by atoms with Crippen molar-refractivity contribution in [3.05, 3.63) is 133 Å². The molecule has 0 spiro atoms. The van der Waals surface area contributed by atoms with Gasteiger partial charge in [0.2, 0.25) is 0 Å². The van der Waals surface area contributed by atoms with E-state index in [1.807, 2.05) is 102 Å². The first-order valence-electron chi connectivity index (χ1n) is 13.9. The molecule has 43 heavy (non-hydrogen) atoms. The summed E-state index contributed by atoms with van der Waals surface area (Å²) in [6.07, 6.45) is 3.45. The van der Waals surface area contributed by atoms with Gasteiger partial charge in [-0.15, -0.1) is 0 Å². The van der Waals surface area contributed by atoms with Gasteiger partial charge in [0, 0.05) is 17.3 Å². The summed E-state index contributed by atoms with van der Waals surface area (Å²) in [5.74, 6) is 0.175. The number of benzene rings is 3. The van der Waals surface area contributed by atoms with E-state index in [0.717, 1.165) is 28.1 Å². The molecule has 1 aliphatic rings. The lowest BCUT2D eigenvalue weighted by Crippen LogP contribution is -2.40. The molecule has 3 aromatic carbocycles. The van der Waals surface area contributed by atoms with E-state index in [1.54, 1.807) is 32.4 Å². The largest absolute Gasteiger partial charge is 0.497 e. The van der Waals surface area contributed by atoms with E-state index < -0.39 is 12.0 Å². The molecule has 3 heterocycles. The smallest absolute Gasteiger partial charge is 0.338 e. The molecule has 5 aromatic rings. The second-order valence-corrected chi connectivity index (χ2v) is 11.4. The summed E-state index contributed by atoms with van der Waals surface area (Å²) in [6, 6.07) is 26.4. The minimum atomic E-state index is -0.712. The monoisotopic (exact) mass is 590 g/mol. The third kappa shape index (κ3) is 5.47. The Morgan fingerprint density at radius 2 is 1.65 bits per heavy atom. The molecule has 2 aromatic heterocycles. The number of nitrogens with zero attached hydrogens (tertiary/aromatic N) is 4. The SMILES string of the molecule is COc1ccc(C2C(C(=O)OC(C)C)=C(C)N=c3sc(=Cc4cn(-c5ccccc5)nc4-c4ccccc4)c(=O)n32)cc1. The molecule has 0 bridgehead atoms. The highest BCUT2D eigenvalue weighted by Gasteiger charge is 2.34. The first-order valence-corrected chi connectivity index (χ1v) is 14.7. The van der Waals surface area contributed by atoms with Crippen LogP contribution in [-0.2, 0) is 9.53 Å². The standard InChI is InChI=1S/C34H30N4O4S/c1-21(2)42-33(40)29-22(3)35-34-38(31(29)24-15-17-27(41-4)18-16-24)32(39)28(43-34)19-25-20-37(26-13-9-6-10-14-26)36-30(25)23-11-7-5-8-12-23/h5-21,31H,1-4H3. The summed E-state index contributed by atoms with van der Waals surface area (Å²) >= 11 is 1.28. The zero-order valence-corrected chi connectivity index (χ0v) is 25.0. The van der Waals surface area contributed by atoms with Gasteiger partial charge >= 0.3 is 5.97 Å². The van der Waals surface area contributed by atoms with Crippen molar-refractivity contribution in [2.24, 2.45) is 4.99 Å². The number of esters is 1. The lowest BCUT2D eigenvalue weighted by Gasteiger charge is -2.25. The molecule has 0 fully saturated rings. The Morgan fingerprint density at radius 1 is 0.977 bits per heavy atom. The van der Waals surface area contributed by atoms with Crippen LogP contribution in [0.15, 0.2) is 112 Å². The summed E-state index contributed by atoms with van der Waals surface area (Å²) in [5.41, 5.74) is 4.72. The quantitative estimate of drug-likeness (QED) is 0.248. The first-order chi connectivity index (χ1) is 20.8. The minimum absolute atomic E-state index is 0.251. The van der Waals surface area contributed by atoms with Gasteiger partial charge in [-0.3, -0.25) is 9.36 Å². The summed E-state index contributed by atoms with van der Waals surface area (Å²) in [7, 11) is 1.59. The molecule has 0 aliphatic carbocycles. The van der Waals surface area contributed by atoms with E-state index in [-0.39, 0.29) is 11.7 Å². The van der Waals surface area contributed by atoms with Crippen molar-refractivity contribution in [3.63, 3.8) is 0 Å². The van der Waals surface area contributed by atoms with Crippen molar-refractivity contribution in [1.29, 1.82) is 0 Å². The fourth-order valence-corrected chi connectivity index (χ4v) is 6.17. The number of methoxy groups -OCH3 is 1. The van der Waals surface area contributed by atoms with Crippen LogP contribution in [0.4, 0.5) is 0 Å². The molecule has 8 nitrogen and oxygen atoms in total. The molecule has 0 saturated heterocycles. The molecule has 6 rings (SSSR count). The number of fused-ring (bicyclic) bond motifs is 1. The molecule has 1 aliphatic heterocycles. The molecular weight excluding hydrogens is 560 g/mol. The summed E-state index contributed by atoms with van der Waals surface area (Å²) in [6.45, 7) is 5.37. The predicted octanol–water partition coefficient (Wildman–Crippen LogP) is 5.05. The maximum absolute atomic E-state index is 14.2. The van der Waals surface area contributed by atoms with Crippen LogP contribution < -0.4 is 19.6 Å². The van der Waals surface area contributed by atoms with Crippen molar-refractivity contribution in [2.45, 2.75) is 32.9 Å². The average molecular weight is 591 g/mol. The summed E-state index contributed by atoms with van der Waals surface area (Å²) < 4.78 is 14.8. The number of allylic oxidation sites excluding steroid dienone is 1. The van der Waals surface area contributed by atoms with Gasteiger partial charge in [0.1, 0.15) is 5.75 Å². The third-order valence-electron chi connectivity index (χ3n) is 7.11. The van der Waals surface area contributed by atoms with E-state index in [2.05, 4.69) is 0 Å². The molecule has 1 unspecified atom stereocenters. The van der Waals surface area contributed by atoms with Gasteiger partial charge in [-0.25, -0.2) is 14.5 Å². The molecule has 1 atom stereocenters. The molecule has 0 amide bonds. The van der Waals surface area contributed by atoms with Crippen LogP contribution in [0, 0.1) is 0 Å². The molecule has 0 saturated carbocycles. The lowest BCUT2D eigenvalue weighted by molar-refractivity contribution is -0.143. The molecular formula is C34H30N4O4S. The fourth-order valence-electron chi connectivity index (χ4n) is 5.13. The Bertz CT molecular complexity index is 2000. The third-order valence-corrected chi connectivity index (χ3v) is 8.10. The molecule has 9 heteroatoms. The zero-order valence-electron chi connectivity index (χ0n) is 24.2. The Balaban J connectivity index is 1.55. The fraction of sp³-hybridized carbons (Fsp3) is 0.176. The van der Waals surface area contributed by atoms with Crippen molar-refractivity contribution in [3.8, 4) is 22.7 Å². The van der Waals surface area contributed by atoms with Crippen LogP contribution in [0.25, 0.3) is 23.0 Å². The van der Waals surface area contributed by atoms with Crippen LogP contribution >= 0.6 is 11.3 Å². The topological polar surface area (TPSA) is 87.7 Å². The van der Waals surface area contributed by atoms with Crippen molar-refractivity contribution in [2.75, 3.05) is 7.11 Å². The molecule has 0 N–H and O–H groups in total.